The van der Waals surface area contributed by atoms with Crippen molar-refractivity contribution in [2.24, 2.45) is 0 Å². The van der Waals surface area contributed by atoms with Crippen molar-refractivity contribution < 1.29 is 18.6 Å². The predicted octanol–water partition coefficient (Wildman–Crippen LogP) is 5.03. The molecule has 146 valence electrons. The Morgan fingerprint density at radius 1 is 1.15 bits per heavy atom. The van der Waals surface area contributed by atoms with E-state index in [9.17, 15) is 4.39 Å². The lowest BCUT2D eigenvalue weighted by Gasteiger charge is -2.34. The van der Waals surface area contributed by atoms with Crippen LogP contribution in [-0.2, 0) is 9.47 Å². The van der Waals surface area contributed by atoms with Gasteiger partial charge in [0.2, 0.25) is 0 Å². The van der Waals surface area contributed by atoms with Crippen molar-refractivity contribution in [2.75, 3.05) is 13.2 Å². The smallest absolute Gasteiger partial charge is 0.177 e. The van der Waals surface area contributed by atoms with Crippen LogP contribution in [0.1, 0.15) is 44.0 Å². The van der Waals surface area contributed by atoms with Crippen molar-refractivity contribution >= 4 is 11.6 Å². The molecule has 0 unspecified atom stereocenters. The number of halogens is 2. The minimum atomic E-state index is -0.493. The molecular weight excluding hydrogens is 369 g/mol. The first-order valence-corrected chi connectivity index (χ1v) is 9.53. The maximum Gasteiger partial charge on any atom is 0.177 e. The van der Waals surface area contributed by atoms with Crippen LogP contribution in [0.15, 0.2) is 42.5 Å². The van der Waals surface area contributed by atoms with Gasteiger partial charge in [-0.1, -0.05) is 23.7 Å². The van der Waals surface area contributed by atoms with Crippen LogP contribution in [0.5, 0.6) is 5.75 Å². The Kier molecular flexibility index (Phi) is 6.71. The quantitative estimate of drug-likeness (QED) is 0.747. The third-order valence-electron chi connectivity index (χ3n) is 4.32. The van der Waals surface area contributed by atoms with Gasteiger partial charge in [-0.3, -0.25) is 0 Å². The van der Waals surface area contributed by atoms with Gasteiger partial charge >= 0.3 is 0 Å². The van der Waals surface area contributed by atoms with Gasteiger partial charge in [-0.05, 0) is 62.2 Å². The summed E-state index contributed by atoms with van der Waals surface area (Å²) in [5.74, 6) is 0.443. The Hall–Kier alpha value is -1.66. The van der Waals surface area contributed by atoms with Crippen LogP contribution in [-0.4, -0.2) is 25.5 Å². The van der Waals surface area contributed by atoms with Crippen LogP contribution >= 0.6 is 11.6 Å². The topological polar surface area (TPSA) is 39.7 Å². The molecule has 1 fully saturated rings. The highest BCUT2D eigenvalue weighted by atomic mass is 35.5. The molecule has 1 saturated heterocycles. The fourth-order valence-electron chi connectivity index (χ4n) is 3.08. The lowest BCUT2D eigenvalue weighted by Crippen LogP contribution is -2.43. The molecule has 0 aliphatic carbocycles. The monoisotopic (exact) mass is 393 g/mol. The van der Waals surface area contributed by atoms with Crippen LogP contribution in [0.2, 0.25) is 5.02 Å². The Balaban J connectivity index is 1.76. The number of hydrogen-bond acceptors (Lipinski definition) is 4. The van der Waals surface area contributed by atoms with Crippen LogP contribution in [0.3, 0.4) is 0 Å². The van der Waals surface area contributed by atoms with Crippen molar-refractivity contribution in [3.05, 3.63) is 64.4 Å². The molecule has 27 heavy (non-hydrogen) atoms. The zero-order chi connectivity index (χ0) is 19.4. The predicted molar refractivity (Wildman–Crippen MR) is 104 cm³/mol. The van der Waals surface area contributed by atoms with E-state index in [0.717, 1.165) is 11.1 Å². The molecule has 2 aromatic carbocycles. The van der Waals surface area contributed by atoms with E-state index in [0.29, 0.717) is 23.9 Å². The second kappa shape index (κ2) is 9.02. The lowest BCUT2D eigenvalue weighted by atomic mass is 10.0. The summed E-state index contributed by atoms with van der Waals surface area (Å²) in [5, 5.41) is 3.98. The van der Waals surface area contributed by atoms with Crippen LogP contribution < -0.4 is 10.1 Å². The van der Waals surface area contributed by atoms with Crippen LogP contribution in [0, 0.1) is 5.82 Å². The summed E-state index contributed by atoms with van der Waals surface area (Å²) in [6.45, 7) is 7.14. The second-order valence-corrected chi connectivity index (χ2v) is 7.32. The van der Waals surface area contributed by atoms with E-state index in [-0.39, 0.29) is 24.1 Å². The number of rotatable bonds is 6. The first kappa shape index (κ1) is 20.1. The summed E-state index contributed by atoms with van der Waals surface area (Å²) in [4.78, 5) is 0. The molecular formula is C21H25ClFNO3. The lowest BCUT2D eigenvalue weighted by molar-refractivity contribution is -0.200. The molecule has 0 aromatic heterocycles. The Morgan fingerprint density at radius 2 is 1.89 bits per heavy atom. The van der Waals surface area contributed by atoms with Gasteiger partial charge in [0, 0.05) is 11.6 Å². The van der Waals surface area contributed by atoms with Gasteiger partial charge in [0.05, 0.1) is 24.9 Å². The minimum Gasteiger partial charge on any atom is -0.491 e. The minimum absolute atomic E-state index is 0.0567. The number of hydrogen-bond donors (Lipinski definition) is 1. The molecule has 1 heterocycles. The molecule has 1 N–H and O–H groups in total. The van der Waals surface area contributed by atoms with E-state index in [1.54, 1.807) is 18.2 Å². The third kappa shape index (κ3) is 5.42. The van der Waals surface area contributed by atoms with Gasteiger partial charge in [-0.2, -0.15) is 0 Å². The first-order valence-electron chi connectivity index (χ1n) is 9.15. The summed E-state index contributed by atoms with van der Waals surface area (Å²) >= 11 is 6.24. The summed E-state index contributed by atoms with van der Waals surface area (Å²) in [6.07, 6.45) is -0.694. The number of nitrogens with one attached hydrogen (secondary N) is 1. The van der Waals surface area contributed by atoms with Crippen molar-refractivity contribution in [3.8, 4) is 5.75 Å². The Bertz CT molecular complexity index is 754. The SMILES string of the molecule is CC(C)Oc1cc(Cl)cc([C@@H](C)O[C@H]2OCCN[C@H]2c2ccc(F)cc2)c1. The highest BCUT2D eigenvalue weighted by Gasteiger charge is 2.30. The molecule has 2 aromatic rings. The molecule has 1 aliphatic rings. The van der Waals surface area contributed by atoms with Crippen LogP contribution in [0.4, 0.5) is 4.39 Å². The Morgan fingerprint density at radius 3 is 2.59 bits per heavy atom. The van der Waals surface area contributed by atoms with E-state index < -0.39 is 6.29 Å². The molecule has 0 spiro atoms. The highest BCUT2D eigenvalue weighted by molar-refractivity contribution is 6.30. The maximum absolute atomic E-state index is 13.2. The fraction of sp³-hybridized carbons (Fsp3) is 0.429. The van der Waals surface area contributed by atoms with Gasteiger partial charge in [0.15, 0.2) is 6.29 Å². The average Bonchev–Trinajstić information content (AvgIpc) is 2.62. The Labute approximate surface area is 164 Å². The third-order valence-corrected chi connectivity index (χ3v) is 4.54. The maximum atomic E-state index is 13.2. The van der Waals surface area contributed by atoms with Gasteiger partial charge in [-0.15, -0.1) is 0 Å². The standard InChI is InChI=1S/C21H25ClFNO3/c1-13(2)26-19-11-16(10-17(22)12-19)14(3)27-21-20(24-8-9-25-21)15-4-6-18(23)7-5-15/h4-7,10-14,20-21,24H,8-9H2,1-3H3/t14-,20+,21-/m1/s1. The summed E-state index contributed by atoms with van der Waals surface area (Å²) in [6, 6.07) is 11.8. The summed E-state index contributed by atoms with van der Waals surface area (Å²) in [7, 11) is 0. The molecule has 3 atom stereocenters. The molecule has 3 rings (SSSR count). The molecule has 0 bridgehead atoms. The van der Waals surface area contributed by atoms with Crippen molar-refractivity contribution in [2.45, 2.75) is 45.3 Å². The van der Waals surface area contributed by atoms with Crippen molar-refractivity contribution in [1.29, 1.82) is 0 Å². The number of benzene rings is 2. The largest absolute Gasteiger partial charge is 0.491 e. The second-order valence-electron chi connectivity index (χ2n) is 6.89. The van der Waals surface area contributed by atoms with Crippen molar-refractivity contribution in [3.63, 3.8) is 0 Å². The van der Waals surface area contributed by atoms with E-state index >= 15 is 0 Å². The number of morpholine rings is 1. The molecule has 4 nitrogen and oxygen atoms in total. The first-order chi connectivity index (χ1) is 12.9. The van der Waals surface area contributed by atoms with Gasteiger partial charge in [0.25, 0.3) is 0 Å². The zero-order valence-electron chi connectivity index (χ0n) is 15.7. The molecule has 6 heteroatoms. The number of ether oxygens (including phenoxy) is 3. The van der Waals surface area contributed by atoms with Crippen molar-refractivity contribution in [1.82, 2.24) is 5.32 Å². The van der Waals surface area contributed by atoms with Gasteiger partial charge in [0.1, 0.15) is 11.6 Å². The summed E-state index contributed by atoms with van der Waals surface area (Å²) in [5.41, 5.74) is 1.83. The van der Waals surface area contributed by atoms with Gasteiger partial charge < -0.3 is 19.5 Å². The molecule has 0 saturated carbocycles. The molecule has 0 radical (unpaired) electrons. The summed E-state index contributed by atoms with van der Waals surface area (Å²) < 4.78 is 31.0. The molecule has 0 amide bonds. The van der Waals surface area contributed by atoms with E-state index in [1.807, 2.05) is 32.9 Å². The van der Waals surface area contributed by atoms with E-state index in [1.165, 1.54) is 12.1 Å². The highest BCUT2D eigenvalue weighted by Crippen LogP contribution is 2.31. The van der Waals surface area contributed by atoms with Crippen LogP contribution in [0.25, 0.3) is 0 Å². The average molecular weight is 394 g/mol. The fourth-order valence-corrected chi connectivity index (χ4v) is 3.32. The zero-order valence-corrected chi connectivity index (χ0v) is 16.5. The van der Waals surface area contributed by atoms with E-state index in [2.05, 4.69) is 5.32 Å². The van der Waals surface area contributed by atoms with Gasteiger partial charge in [-0.25, -0.2) is 4.39 Å². The normalized spacial score (nSPS) is 21.3. The molecule has 1 aliphatic heterocycles. The van der Waals surface area contributed by atoms with E-state index in [4.69, 9.17) is 25.8 Å².